The number of nitrogens with zero attached hydrogens (tertiary/aromatic N) is 1. The van der Waals surface area contributed by atoms with Crippen molar-refractivity contribution >= 4 is 10.2 Å². The van der Waals surface area contributed by atoms with E-state index in [2.05, 4.69) is 4.72 Å². The van der Waals surface area contributed by atoms with Crippen molar-refractivity contribution in [3.8, 4) is 0 Å². The first-order valence-corrected chi connectivity index (χ1v) is 9.02. The first kappa shape index (κ1) is 15.2. The van der Waals surface area contributed by atoms with Gasteiger partial charge in [0.25, 0.3) is 10.2 Å². The minimum atomic E-state index is -3.27. The molecule has 2 fully saturated rings. The molecule has 112 valence electrons. The molecule has 5 nitrogen and oxygen atoms in total. The molecule has 2 unspecified atom stereocenters. The van der Waals surface area contributed by atoms with Crippen molar-refractivity contribution in [3.05, 3.63) is 0 Å². The number of rotatable bonds is 5. The molecule has 1 aliphatic heterocycles. The molecule has 1 saturated carbocycles. The standard InChI is InChI=1S/C13H27N3O2S/c14-10-12-6-2-3-7-13(12)11-15-19(17,18)16-8-4-1-5-9-16/h12-13,15H,1-11,14H2. The Hall–Kier alpha value is -0.170. The maximum Gasteiger partial charge on any atom is 0.279 e. The third-order valence-electron chi connectivity index (χ3n) is 4.55. The van der Waals surface area contributed by atoms with Crippen LogP contribution < -0.4 is 10.5 Å². The molecule has 1 aliphatic carbocycles. The molecule has 19 heavy (non-hydrogen) atoms. The van der Waals surface area contributed by atoms with E-state index >= 15 is 0 Å². The van der Waals surface area contributed by atoms with E-state index in [9.17, 15) is 8.42 Å². The summed E-state index contributed by atoms with van der Waals surface area (Å²) in [6.45, 7) is 2.57. The lowest BCUT2D eigenvalue weighted by Crippen LogP contribution is -2.46. The third kappa shape index (κ3) is 4.15. The van der Waals surface area contributed by atoms with Gasteiger partial charge in [-0.2, -0.15) is 12.7 Å². The van der Waals surface area contributed by atoms with E-state index < -0.39 is 10.2 Å². The average molecular weight is 289 g/mol. The normalized spacial score (nSPS) is 30.4. The van der Waals surface area contributed by atoms with Crippen LogP contribution in [0.3, 0.4) is 0 Å². The van der Waals surface area contributed by atoms with Crippen LogP contribution >= 0.6 is 0 Å². The van der Waals surface area contributed by atoms with E-state index in [0.717, 1.165) is 32.1 Å². The molecule has 2 atom stereocenters. The molecular formula is C13H27N3O2S. The fourth-order valence-corrected chi connectivity index (χ4v) is 4.62. The Labute approximate surface area is 117 Å². The lowest BCUT2D eigenvalue weighted by atomic mass is 9.79. The summed E-state index contributed by atoms with van der Waals surface area (Å²) in [4.78, 5) is 0. The molecule has 0 aromatic heterocycles. The first-order valence-electron chi connectivity index (χ1n) is 7.58. The van der Waals surface area contributed by atoms with Crippen LogP contribution in [0.1, 0.15) is 44.9 Å². The van der Waals surface area contributed by atoms with Crippen LogP contribution in [-0.2, 0) is 10.2 Å². The van der Waals surface area contributed by atoms with Crippen LogP contribution in [-0.4, -0.2) is 38.9 Å². The quantitative estimate of drug-likeness (QED) is 0.795. The molecule has 3 N–H and O–H groups in total. The van der Waals surface area contributed by atoms with Crippen molar-refractivity contribution in [3.63, 3.8) is 0 Å². The summed E-state index contributed by atoms with van der Waals surface area (Å²) in [5.74, 6) is 0.899. The highest BCUT2D eigenvalue weighted by Crippen LogP contribution is 2.29. The smallest absolute Gasteiger partial charge is 0.279 e. The number of nitrogens with two attached hydrogens (primary N) is 1. The van der Waals surface area contributed by atoms with E-state index in [1.807, 2.05) is 0 Å². The molecule has 0 aromatic rings. The zero-order valence-corrected chi connectivity index (χ0v) is 12.5. The van der Waals surface area contributed by atoms with Gasteiger partial charge in [0.15, 0.2) is 0 Å². The van der Waals surface area contributed by atoms with Crippen LogP contribution in [0.15, 0.2) is 0 Å². The van der Waals surface area contributed by atoms with Gasteiger partial charge in [0.1, 0.15) is 0 Å². The van der Waals surface area contributed by atoms with Crippen LogP contribution in [0, 0.1) is 11.8 Å². The summed E-state index contributed by atoms with van der Waals surface area (Å²) in [6, 6.07) is 0. The van der Waals surface area contributed by atoms with Gasteiger partial charge >= 0.3 is 0 Å². The van der Waals surface area contributed by atoms with Gasteiger partial charge < -0.3 is 5.73 Å². The van der Waals surface area contributed by atoms with Gasteiger partial charge in [0, 0.05) is 19.6 Å². The second-order valence-corrected chi connectivity index (χ2v) is 7.61. The Bertz CT molecular complexity index is 366. The minimum absolute atomic E-state index is 0.415. The van der Waals surface area contributed by atoms with Gasteiger partial charge in [-0.05, 0) is 44.1 Å². The fourth-order valence-electron chi connectivity index (χ4n) is 3.27. The zero-order chi connectivity index (χ0) is 13.7. The van der Waals surface area contributed by atoms with E-state index in [-0.39, 0.29) is 0 Å². The van der Waals surface area contributed by atoms with Crippen LogP contribution in [0.2, 0.25) is 0 Å². The molecule has 0 radical (unpaired) electrons. The molecule has 1 saturated heterocycles. The highest BCUT2D eigenvalue weighted by atomic mass is 32.2. The Kier molecular flexibility index (Phi) is 5.62. The zero-order valence-electron chi connectivity index (χ0n) is 11.7. The van der Waals surface area contributed by atoms with Crippen molar-refractivity contribution in [2.75, 3.05) is 26.2 Å². The number of hydrogen-bond acceptors (Lipinski definition) is 3. The number of hydrogen-bond donors (Lipinski definition) is 2. The van der Waals surface area contributed by atoms with Crippen LogP contribution in [0.5, 0.6) is 0 Å². The Morgan fingerprint density at radius 1 is 1.00 bits per heavy atom. The Balaban J connectivity index is 1.85. The van der Waals surface area contributed by atoms with E-state index in [0.29, 0.717) is 38.0 Å². The second kappa shape index (κ2) is 7.02. The molecule has 2 aliphatic rings. The summed E-state index contributed by atoms with van der Waals surface area (Å²) in [6.07, 6.45) is 7.79. The molecule has 0 aromatic carbocycles. The first-order chi connectivity index (χ1) is 9.13. The van der Waals surface area contributed by atoms with E-state index in [4.69, 9.17) is 5.73 Å². The average Bonchev–Trinajstić information content (AvgIpc) is 2.46. The van der Waals surface area contributed by atoms with Crippen LogP contribution in [0.25, 0.3) is 0 Å². The van der Waals surface area contributed by atoms with Gasteiger partial charge in [0.05, 0.1) is 0 Å². The highest BCUT2D eigenvalue weighted by molar-refractivity contribution is 7.87. The van der Waals surface area contributed by atoms with Gasteiger partial charge in [-0.15, -0.1) is 0 Å². The SMILES string of the molecule is NCC1CCCCC1CNS(=O)(=O)N1CCCCC1. The number of piperidine rings is 1. The second-order valence-electron chi connectivity index (χ2n) is 5.85. The van der Waals surface area contributed by atoms with E-state index in [1.165, 1.54) is 12.8 Å². The fraction of sp³-hybridized carbons (Fsp3) is 1.00. The molecule has 1 heterocycles. The van der Waals surface area contributed by atoms with Gasteiger partial charge in [0.2, 0.25) is 0 Å². The molecular weight excluding hydrogens is 262 g/mol. The molecule has 0 amide bonds. The predicted octanol–water partition coefficient (Wildman–Crippen LogP) is 1.07. The predicted molar refractivity (Wildman–Crippen MR) is 76.8 cm³/mol. The maximum atomic E-state index is 12.2. The highest BCUT2D eigenvalue weighted by Gasteiger charge is 2.28. The topological polar surface area (TPSA) is 75.4 Å². The van der Waals surface area contributed by atoms with Crippen LogP contribution in [0.4, 0.5) is 0 Å². The van der Waals surface area contributed by atoms with Crippen molar-refractivity contribution in [2.24, 2.45) is 17.6 Å². The van der Waals surface area contributed by atoms with Crippen molar-refractivity contribution in [1.29, 1.82) is 0 Å². The van der Waals surface area contributed by atoms with E-state index in [1.54, 1.807) is 4.31 Å². The molecule has 2 rings (SSSR count). The summed E-state index contributed by atoms with van der Waals surface area (Å²) >= 11 is 0. The molecule has 0 bridgehead atoms. The summed E-state index contributed by atoms with van der Waals surface area (Å²) in [5.41, 5.74) is 5.79. The van der Waals surface area contributed by atoms with Crippen molar-refractivity contribution < 1.29 is 8.42 Å². The summed E-state index contributed by atoms with van der Waals surface area (Å²) in [7, 11) is -3.27. The lowest BCUT2D eigenvalue weighted by Gasteiger charge is -2.32. The monoisotopic (exact) mass is 289 g/mol. The van der Waals surface area contributed by atoms with Crippen molar-refractivity contribution in [1.82, 2.24) is 9.03 Å². The summed E-state index contributed by atoms with van der Waals surface area (Å²) in [5, 5.41) is 0. The largest absolute Gasteiger partial charge is 0.330 e. The summed E-state index contributed by atoms with van der Waals surface area (Å²) < 4.78 is 28.8. The van der Waals surface area contributed by atoms with Gasteiger partial charge in [-0.25, -0.2) is 4.72 Å². The van der Waals surface area contributed by atoms with Gasteiger partial charge in [-0.3, -0.25) is 0 Å². The lowest BCUT2D eigenvalue weighted by molar-refractivity contribution is 0.242. The van der Waals surface area contributed by atoms with Crippen molar-refractivity contribution in [2.45, 2.75) is 44.9 Å². The maximum absolute atomic E-state index is 12.2. The number of nitrogens with one attached hydrogen (secondary N) is 1. The molecule has 6 heteroatoms. The van der Waals surface area contributed by atoms with Gasteiger partial charge in [-0.1, -0.05) is 19.3 Å². The Morgan fingerprint density at radius 3 is 2.26 bits per heavy atom. The Morgan fingerprint density at radius 2 is 1.63 bits per heavy atom. The third-order valence-corrected chi connectivity index (χ3v) is 6.13. The molecule has 0 spiro atoms. The minimum Gasteiger partial charge on any atom is -0.330 e.